The van der Waals surface area contributed by atoms with E-state index >= 15 is 0 Å². The quantitative estimate of drug-likeness (QED) is 0.332. The minimum absolute atomic E-state index is 0.0318. The molecule has 0 radical (unpaired) electrons. The predicted octanol–water partition coefficient (Wildman–Crippen LogP) is 4.23. The molecule has 196 valence electrons. The van der Waals surface area contributed by atoms with Gasteiger partial charge in [0.2, 0.25) is 0 Å². The first kappa shape index (κ1) is 26.8. The molecule has 0 heterocycles. The molecular formula is C29H29N3O5S. The van der Waals surface area contributed by atoms with Crippen LogP contribution in [0.5, 0.6) is 0 Å². The van der Waals surface area contributed by atoms with Crippen molar-refractivity contribution in [3.05, 3.63) is 95.1 Å². The highest BCUT2D eigenvalue weighted by atomic mass is 32.1. The molecule has 0 atom stereocenters. The lowest BCUT2D eigenvalue weighted by molar-refractivity contribution is -0.140. The SMILES string of the molecule is COC(=O)CCNC(=O)c1ccc(CN(C)C(=S)NC(=O)OCC2c3ccccc3-c3ccccc32)cc1. The molecule has 3 aromatic carbocycles. The molecule has 1 aliphatic carbocycles. The van der Waals surface area contributed by atoms with E-state index in [1.807, 2.05) is 36.4 Å². The van der Waals surface area contributed by atoms with Crippen LogP contribution in [0.25, 0.3) is 11.1 Å². The normalized spacial score (nSPS) is 11.6. The second-order valence-electron chi connectivity index (χ2n) is 8.89. The number of fused-ring (bicyclic) bond motifs is 3. The van der Waals surface area contributed by atoms with E-state index in [1.165, 1.54) is 7.11 Å². The minimum Gasteiger partial charge on any atom is -0.469 e. The largest absolute Gasteiger partial charge is 0.469 e. The summed E-state index contributed by atoms with van der Waals surface area (Å²) in [5.74, 6) is -0.691. The molecule has 2 amide bonds. The number of nitrogens with one attached hydrogen (secondary N) is 2. The summed E-state index contributed by atoms with van der Waals surface area (Å²) in [6, 6.07) is 23.3. The molecule has 1 aliphatic rings. The molecule has 9 heteroatoms. The highest BCUT2D eigenvalue weighted by molar-refractivity contribution is 7.80. The van der Waals surface area contributed by atoms with Crippen LogP contribution >= 0.6 is 12.2 Å². The van der Waals surface area contributed by atoms with Crippen molar-refractivity contribution in [3.8, 4) is 11.1 Å². The average molecular weight is 532 g/mol. The third-order valence-corrected chi connectivity index (χ3v) is 6.79. The van der Waals surface area contributed by atoms with Gasteiger partial charge in [-0.15, -0.1) is 0 Å². The van der Waals surface area contributed by atoms with Crippen molar-refractivity contribution < 1.29 is 23.9 Å². The van der Waals surface area contributed by atoms with Crippen LogP contribution in [0.2, 0.25) is 0 Å². The fourth-order valence-corrected chi connectivity index (χ4v) is 4.55. The summed E-state index contributed by atoms with van der Waals surface area (Å²) >= 11 is 5.39. The number of carbonyl (C=O) groups is 3. The highest BCUT2D eigenvalue weighted by Crippen LogP contribution is 2.44. The fourth-order valence-electron chi connectivity index (χ4n) is 4.41. The Morgan fingerprint density at radius 3 is 2.13 bits per heavy atom. The Hall–Kier alpha value is -4.24. The monoisotopic (exact) mass is 531 g/mol. The number of hydrogen-bond donors (Lipinski definition) is 2. The van der Waals surface area contributed by atoms with Crippen molar-refractivity contribution >= 4 is 35.3 Å². The molecule has 0 saturated carbocycles. The Kier molecular flexibility index (Phi) is 8.70. The van der Waals surface area contributed by atoms with Crippen LogP contribution in [0.4, 0.5) is 4.79 Å². The van der Waals surface area contributed by atoms with Crippen LogP contribution in [-0.4, -0.2) is 55.3 Å². The number of carbonyl (C=O) groups excluding carboxylic acids is 3. The van der Waals surface area contributed by atoms with Crippen molar-refractivity contribution in [2.75, 3.05) is 27.3 Å². The number of methoxy groups -OCH3 is 1. The molecule has 4 rings (SSSR count). The maximum absolute atomic E-state index is 12.5. The molecule has 0 saturated heterocycles. The third kappa shape index (κ3) is 6.36. The van der Waals surface area contributed by atoms with E-state index in [1.54, 1.807) is 24.1 Å². The summed E-state index contributed by atoms with van der Waals surface area (Å²) < 4.78 is 10.1. The van der Waals surface area contributed by atoms with E-state index in [9.17, 15) is 14.4 Å². The Labute approximate surface area is 226 Å². The first-order valence-electron chi connectivity index (χ1n) is 12.2. The molecule has 0 unspecified atom stereocenters. The van der Waals surface area contributed by atoms with Gasteiger partial charge in [0.25, 0.3) is 5.91 Å². The first-order valence-corrected chi connectivity index (χ1v) is 12.6. The zero-order chi connectivity index (χ0) is 27.1. The van der Waals surface area contributed by atoms with E-state index in [2.05, 4.69) is 39.6 Å². The smallest absolute Gasteiger partial charge is 0.413 e. The van der Waals surface area contributed by atoms with Gasteiger partial charge >= 0.3 is 12.1 Å². The van der Waals surface area contributed by atoms with Crippen molar-refractivity contribution in [1.82, 2.24) is 15.5 Å². The van der Waals surface area contributed by atoms with Crippen molar-refractivity contribution in [1.29, 1.82) is 0 Å². The molecule has 0 aliphatic heterocycles. The van der Waals surface area contributed by atoms with Crippen LogP contribution in [0.3, 0.4) is 0 Å². The molecule has 0 bridgehead atoms. The van der Waals surface area contributed by atoms with Crippen molar-refractivity contribution in [2.45, 2.75) is 18.9 Å². The van der Waals surface area contributed by atoms with Gasteiger partial charge in [-0.25, -0.2) is 4.79 Å². The number of esters is 1. The molecule has 2 N–H and O–H groups in total. The fraction of sp³-hybridized carbons (Fsp3) is 0.241. The predicted molar refractivity (Wildman–Crippen MR) is 148 cm³/mol. The number of hydrogen-bond acceptors (Lipinski definition) is 6. The van der Waals surface area contributed by atoms with Crippen LogP contribution in [-0.2, 0) is 20.8 Å². The number of ether oxygens (including phenoxy) is 2. The second kappa shape index (κ2) is 12.3. The van der Waals surface area contributed by atoms with Gasteiger partial charge in [0, 0.05) is 31.6 Å². The maximum atomic E-state index is 12.5. The van der Waals surface area contributed by atoms with Crippen molar-refractivity contribution in [3.63, 3.8) is 0 Å². The molecule has 0 fully saturated rings. The number of alkyl carbamates (subject to hydrolysis) is 1. The van der Waals surface area contributed by atoms with Crippen LogP contribution in [0.15, 0.2) is 72.8 Å². The first-order chi connectivity index (χ1) is 18.4. The molecule has 3 aromatic rings. The van der Waals surface area contributed by atoms with Gasteiger partial charge in [0.1, 0.15) is 6.61 Å². The molecule has 38 heavy (non-hydrogen) atoms. The van der Waals surface area contributed by atoms with E-state index in [-0.39, 0.29) is 42.5 Å². The highest BCUT2D eigenvalue weighted by Gasteiger charge is 2.29. The van der Waals surface area contributed by atoms with Gasteiger partial charge in [0.15, 0.2) is 5.11 Å². The number of thiocarbonyl (C=S) groups is 1. The maximum Gasteiger partial charge on any atom is 0.413 e. The third-order valence-electron chi connectivity index (χ3n) is 6.38. The van der Waals surface area contributed by atoms with Gasteiger partial charge in [0.05, 0.1) is 13.5 Å². The zero-order valence-electron chi connectivity index (χ0n) is 21.2. The number of nitrogens with zero attached hydrogens (tertiary/aromatic N) is 1. The van der Waals surface area contributed by atoms with E-state index < -0.39 is 6.09 Å². The zero-order valence-corrected chi connectivity index (χ0v) is 22.0. The molecule has 0 spiro atoms. The molecule has 0 aromatic heterocycles. The van der Waals surface area contributed by atoms with E-state index in [0.29, 0.717) is 12.1 Å². The van der Waals surface area contributed by atoms with Gasteiger partial charge in [-0.2, -0.15) is 0 Å². The summed E-state index contributed by atoms with van der Waals surface area (Å²) in [6.45, 7) is 0.827. The Morgan fingerprint density at radius 2 is 1.53 bits per heavy atom. The topological polar surface area (TPSA) is 97.0 Å². The Balaban J connectivity index is 1.26. The van der Waals surface area contributed by atoms with Gasteiger partial charge in [-0.1, -0.05) is 60.7 Å². The lowest BCUT2D eigenvalue weighted by atomic mass is 9.98. The lowest BCUT2D eigenvalue weighted by Gasteiger charge is -2.21. The summed E-state index contributed by atoms with van der Waals surface area (Å²) in [6.07, 6.45) is -0.498. The van der Waals surface area contributed by atoms with E-state index in [0.717, 1.165) is 27.8 Å². The summed E-state index contributed by atoms with van der Waals surface area (Å²) in [5.41, 5.74) is 5.98. The Bertz CT molecular complexity index is 1300. The summed E-state index contributed by atoms with van der Waals surface area (Å²) in [4.78, 5) is 37.6. The second-order valence-corrected chi connectivity index (χ2v) is 9.28. The molecule has 8 nitrogen and oxygen atoms in total. The van der Waals surface area contributed by atoms with Crippen LogP contribution < -0.4 is 10.6 Å². The number of benzene rings is 3. The van der Waals surface area contributed by atoms with Crippen LogP contribution in [0.1, 0.15) is 39.4 Å². The lowest BCUT2D eigenvalue weighted by Crippen LogP contribution is -2.40. The molecular weight excluding hydrogens is 502 g/mol. The summed E-state index contributed by atoms with van der Waals surface area (Å²) in [7, 11) is 3.07. The van der Waals surface area contributed by atoms with E-state index in [4.69, 9.17) is 17.0 Å². The number of amides is 2. The average Bonchev–Trinajstić information content (AvgIpc) is 3.25. The van der Waals surface area contributed by atoms with Gasteiger partial charge in [-0.3, -0.25) is 14.9 Å². The van der Waals surface area contributed by atoms with Gasteiger partial charge < -0.3 is 19.7 Å². The number of rotatable bonds is 8. The minimum atomic E-state index is -0.609. The van der Waals surface area contributed by atoms with Crippen molar-refractivity contribution in [2.24, 2.45) is 0 Å². The van der Waals surface area contributed by atoms with Gasteiger partial charge in [-0.05, 0) is 52.2 Å². The summed E-state index contributed by atoms with van der Waals surface area (Å²) in [5, 5.41) is 5.54. The Morgan fingerprint density at radius 1 is 0.921 bits per heavy atom. The van der Waals surface area contributed by atoms with Crippen LogP contribution in [0, 0.1) is 0 Å². The standard InChI is InChI=1S/C29H29N3O5S/c1-32(17-19-11-13-20(14-12-19)27(34)30-16-15-26(33)36-2)28(38)31-29(35)37-18-25-23-9-5-3-7-21(23)22-8-4-6-10-24(22)25/h3-14,25H,15-18H2,1-2H3,(H,30,34)(H,31,35,38).